The van der Waals surface area contributed by atoms with Crippen molar-refractivity contribution in [1.82, 2.24) is 15.4 Å². The molecule has 0 fully saturated rings. The van der Waals surface area contributed by atoms with Crippen molar-refractivity contribution in [3.8, 4) is 0 Å². The monoisotopic (exact) mass is 419 g/mol. The van der Waals surface area contributed by atoms with Crippen molar-refractivity contribution in [2.45, 2.75) is 17.2 Å². The van der Waals surface area contributed by atoms with Crippen molar-refractivity contribution in [2.24, 2.45) is 5.10 Å². The van der Waals surface area contributed by atoms with E-state index in [-0.39, 0.29) is 11.8 Å². The van der Waals surface area contributed by atoms with Gasteiger partial charge in [0.2, 0.25) is 5.91 Å². The average molecular weight is 419 g/mol. The first-order valence-electron chi connectivity index (χ1n) is 9.00. The standard InChI is InChI=1S/C21H17N5O3S/c1-13(27)23-15-8-6-14(7-9-15)20(28)26-22-12-16-10-11-19(29-16)30-21-24-17-4-2-3-5-18(17)25-21/h2-12H,1H3,(H,23,27)(H,24,25)(H,26,28)/b22-12-. The Kier molecular flexibility index (Phi) is 5.62. The SMILES string of the molecule is CC(=O)Nc1ccc(C(=O)N/N=C\c2ccc(Sc3nc4ccccc4[nH]3)o2)cc1. The van der Waals surface area contributed by atoms with E-state index in [9.17, 15) is 9.59 Å². The lowest BCUT2D eigenvalue weighted by Crippen LogP contribution is -2.17. The van der Waals surface area contributed by atoms with Crippen molar-refractivity contribution in [2.75, 3.05) is 5.32 Å². The summed E-state index contributed by atoms with van der Waals surface area (Å²) in [6.07, 6.45) is 1.42. The summed E-state index contributed by atoms with van der Waals surface area (Å²) in [5.41, 5.74) is 5.33. The van der Waals surface area contributed by atoms with Gasteiger partial charge >= 0.3 is 0 Å². The van der Waals surface area contributed by atoms with Gasteiger partial charge in [0.05, 0.1) is 17.2 Å². The Balaban J connectivity index is 1.34. The van der Waals surface area contributed by atoms with E-state index >= 15 is 0 Å². The number of aromatic nitrogens is 2. The summed E-state index contributed by atoms with van der Waals surface area (Å²) in [5.74, 6) is -0.0490. The lowest BCUT2D eigenvalue weighted by molar-refractivity contribution is -0.114. The number of fused-ring (bicyclic) bond motifs is 1. The molecule has 8 nitrogen and oxygen atoms in total. The van der Waals surface area contributed by atoms with E-state index in [1.807, 2.05) is 30.3 Å². The van der Waals surface area contributed by atoms with Crippen LogP contribution in [0.4, 0.5) is 5.69 Å². The predicted molar refractivity (Wildman–Crippen MR) is 115 cm³/mol. The number of carbonyl (C=O) groups excluding carboxylic acids is 2. The number of furan rings is 1. The number of amides is 2. The van der Waals surface area contributed by atoms with Crippen molar-refractivity contribution in [1.29, 1.82) is 0 Å². The van der Waals surface area contributed by atoms with Crippen LogP contribution >= 0.6 is 11.8 Å². The zero-order valence-electron chi connectivity index (χ0n) is 15.9. The molecule has 2 aromatic carbocycles. The number of H-pyrrole nitrogens is 1. The zero-order chi connectivity index (χ0) is 20.9. The first kappa shape index (κ1) is 19.5. The first-order chi connectivity index (χ1) is 14.6. The van der Waals surface area contributed by atoms with Gasteiger partial charge in [-0.05, 0) is 60.3 Å². The van der Waals surface area contributed by atoms with Crippen LogP contribution in [0, 0.1) is 0 Å². The number of aromatic amines is 1. The number of benzene rings is 2. The van der Waals surface area contributed by atoms with Crippen molar-refractivity contribution in [3.05, 3.63) is 72.0 Å². The van der Waals surface area contributed by atoms with Gasteiger partial charge in [-0.2, -0.15) is 5.10 Å². The highest BCUT2D eigenvalue weighted by Crippen LogP contribution is 2.28. The lowest BCUT2D eigenvalue weighted by atomic mass is 10.2. The maximum Gasteiger partial charge on any atom is 0.271 e. The van der Waals surface area contributed by atoms with Crippen LogP contribution in [0.25, 0.3) is 11.0 Å². The molecular weight excluding hydrogens is 402 g/mol. The Morgan fingerprint density at radius 3 is 2.67 bits per heavy atom. The smallest absolute Gasteiger partial charge is 0.271 e. The Bertz CT molecular complexity index is 1190. The molecule has 2 amide bonds. The van der Waals surface area contributed by atoms with Crippen molar-refractivity contribution >= 4 is 46.5 Å². The first-order valence-corrected chi connectivity index (χ1v) is 9.82. The van der Waals surface area contributed by atoms with Gasteiger partial charge in [0, 0.05) is 18.2 Å². The molecule has 9 heteroatoms. The van der Waals surface area contributed by atoms with E-state index in [4.69, 9.17) is 4.42 Å². The molecule has 3 N–H and O–H groups in total. The van der Waals surface area contributed by atoms with Gasteiger partial charge in [0.15, 0.2) is 10.2 Å². The van der Waals surface area contributed by atoms with E-state index in [1.54, 1.807) is 30.3 Å². The zero-order valence-corrected chi connectivity index (χ0v) is 16.7. The fourth-order valence-corrected chi connectivity index (χ4v) is 3.43. The number of imidazole rings is 1. The van der Waals surface area contributed by atoms with Gasteiger partial charge in [0.25, 0.3) is 5.91 Å². The van der Waals surface area contributed by atoms with Crippen LogP contribution in [0.1, 0.15) is 23.0 Å². The molecule has 150 valence electrons. The Morgan fingerprint density at radius 1 is 1.10 bits per heavy atom. The van der Waals surface area contributed by atoms with Crippen molar-refractivity contribution in [3.63, 3.8) is 0 Å². The fraction of sp³-hybridized carbons (Fsp3) is 0.0476. The molecule has 0 saturated carbocycles. The Labute approximate surface area is 175 Å². The number of nitrogens with zero attached hydrogens (tertiary/aromatic N) is 2. The molecular formula is C21H17N5O3S. The Morgan fingerprint density at radius 2 is 1.90 bits per heavy atom. The third-order valence-corrected chi connectivity index (χ3v) is 4.80. The number of para-hydroxylation sites is 2. The summed E-state index contributed by atoms with van der Waals surface area (Å²) >= 11 is 1.36. The highest BCUT2D eigenvalue weighted by atomic mass is 32.2. The summed E-state index contributed by atoms with van der Waals surface area (Å²) in [4.78, 5) is 30.9. The third-order valence-electron chi connectivity index (χ3n) is 3.99. The summed E-state index contributed by atoms with van der Waals surface area (Å²) in [6.45, 7) is 1.42. The molecule has 0 aliphatic rings. The van der Waals surface area contributed by atoms with Crippen LogP contribution in [-0.4, -0.2) is 28.0 Å². The molecule has 0 spiro atoms. The molecule has 0 aliphatic carbocycles. The molecule has 0 bridgehead atoms. The molecule has 0 aliphatic heterocycles. The molecule has 2 aromatic heterocycles. The van der Waals surface area contributed by atoms with Gasteiger partial charge in [-0.15, -0.1) is 0 Å². The van der Waals surface area contributed by atoms with Crippen LogP contribution in [-0.2, 0) is 4.79 Å². The van der Waals surface area contributed by atoms with Gasteiger partial charge < -0.3 is 14.7 Å². The number of anilines is 1. The number of hydrazone groups is 1. The summed E-state index contributed by atoms with van der Waals surface area (Å²) in [6, 6.07) is 17.8. The van der Waals surface area contributed by atoms with E-state index in [0.29, 0.717) is 22.1 Å². The van der Waals surface area contributed by atoms with Crippen LogP contribution in [0.5, 0.6) is 0 Å². The quantitative estimate of drug-likeness (QED) is 0.323. The molecule has 2 heterocycles. The molecule has 0 saturated heterocycles. The summed E-state index contributed by atoms with van der Waals surface area (Å²) in [5, 5.41) is 7.94. The molecule has 0 unspecified atom stereocenters. The second kappa shape index (κ2) is 8.66. The highest BCUT2D eigenvalue weighted by molar-refractivity contribution is 7.99. The van der Waals surface area contributed by atoms with E-state index < -0.39 is 0 Å². The van der Waals surface area contributed by atoms with Gasteiger partial charge in [-0.3, -0.25) is 9.59 Å². The van der Waals surface area contributed by atoms with Crippen LogP contribution in [0.2, 0.25) is 0 Å². The second-order valence-electron chi connectivity index (χ2n) is 6.28. The predicted octanol–water partition coefficient (Wildman–Crippen LogP) is 4.03. The number of rotatable bonds is 6. The van der Waals surface area contributed by atoms with E-state index in [2.05, 4.69) is 25.8 Å². The highest BCUT2D eigenvalue weighted by Gasteiger charge is 2.08. The minimum atomic E-state index is -0.371. The minimum absolute atomic E-state index is 0.173. The van der Waals surface area contributed by atoms with E-state index in [0.717, 1.165) is 16.2 Å². The average Bonchev–Trinajstić information content (AvgIpc) is 3.34. The topological polar surface area (TPSA) is 112 Å². The number of nitrogens with one attached hydrogen (secondary N) is 3. The molecule has 30 heavy (non-hydrogen) atoms. The van der Waals surface area contributed by atoms with Crippen LogP contribution < -0.4 is 10.7 Å². The van der Waals surface area contributed by atoms with Crippen LogP contribution in [0.3, 0.4) is 0 Å². The third kappa shape index (κ3) is 4.76. The second-order valence-corrected chi connectivity index (χ2v) is 7.27. The van der Waals surface area contributed by atoms with Gasteiger partial charge in [0.1, 0.15) is 5.76 Å². The normalized spacial score (nSPS) is 11.1. The number of carbonyl (C=O) groups is 2. The van der Waals surface area contributed by atoms with E-state index in [1.165, 1.54) is 24.9 Å². The maximum atomic E-state index is 12.1. The summed E-state index contributed by atoms with van der Waals surface area (Å²) < 4.78 is 5.69. The number of hydrogen-bond acceptors (Lipinski definition) is 6. The van der Waals surface area contributed by atoms with Gasteiger partial charge in [-0.1, -0.05) is 12.1 Å². The van der Waals surface area contributed by atoms with Crippen LogP contribution in [0.15, 0.2) is 80.4 Å². The molecule has 4 rings (SSSR count). The molecule has 0 atom stereocenters. The molecule has 0 radical (unpaired) electrons. The van der Waals surface area contributed by atoms with Gasteiger partial charge in [-0.25, -0.2) is 10.4 Å². The maximum absolute atomic E-state index is 12.1. The summed E-state index contributed by atoms with van der Waals surface area (Å²) in [7, 11) is 0. The van der Waals surface area contributed by atoms with Crippen molar-refractivity contribution < 1.29 is 14.0 Å². The minimum Gasteiger partial charge on any atom is -0.448 e. The number of hydrogen-bond donors (Lipinski definition) is 3. The Hall–Kier alpha value is -3.85. The molecule has 4 aromatic rings. The lowest BCUT2D eigenvalue weighted by Gasteiger charge is -2.03. The fourth-order valence-electron chi connectivity index (χ4n) is 2.66. The largest absolute Gasteiger partial charge is 0.448 e.